The van der Waals surface area contributed by atoms with Gasteiger partial charge in [0.05, 0.1) is 18.0 Å². The number of hydrogen-bond donors (Lipinski definition) is 1. The Morgan fingerprint density at radius 2 is 1.96 bits per heavy atom. The van der Waals surface area contributed by atoms with Gasteiger partial charge in [0.2, 0.25) is 15.9 Å². The summed E-state index contributed by atoms with van der Waals surface area (Å²) in [6.07, 6.45) is 1.91. The van der Waals surface area contributed by atoms with Gasteiger partial charge in [0.1, 0.15) is 5.76 Å². The van der Waals surface area contributed by atoms with Crippen molar-refractivity contribution in [3.63, 3.8) is 0 Å². The van der Waals surface area contributed by atoms with E-state index in [1.807, 2.05) is 44.2 Å². The number of nitrogens with zero attached hydrogens (tertiary/aromatic N) is 2. The van der Waals surface area contributed by atoms with E-state index in [4.69, 9.17) is 4.52 Å². The number of aromatic nitrogens is 1. The molecule has 152 valence electrons. The number of benzene rings is 1. The van der Waals surface area contributed by atoms with Crippen LogP contribution in [0.25, 0.3) is 0 Å². The van der Waals surface area contributed by atoms with Gasteiger partial charge in [-0.15, -0.1) is 0 Å². The van der Waals surface area contributed by atoms with Crippen molar-refractivity contribution < 1.29 is 17.7 Å². The van der Waals surface area contributed by atoms with Gasteiger partial charge in [-0.2, -0.15) is 0 Å². The van der Waals surface area contributed by atoms with Crippen LogP contribution in [0.15, 0.2) is 34.9 Å². The van der Waals surface area contributed by atoms with Gasteiger partial charge >= 0.3 is 0 Å². The lowest BCUT2D eigenvalue weighted by Gasteiger charge is -2.21. The third-order valence-corrected chi connectivity index (χ3v) is 6.62. The van der Waals surface area contributed by atoms with Gasteiger partial charge in [0.25, 0.3) is 0 Å². The van der Waals surface area contributed by atoms with E-state index in [-0.39, 0.29) is 17.7 Å². The fourth-order valence-corrected chi connectivity index (χ4v) is 4.82. The van der Waals surface area contributed by atoms with E-state index in [1.54, 1.807) is 4.90 Å². The Hall–Kier alpha value is -2.19. The van der Waals surface area contributed by atoms with Gasteiger partial charge in [0.15, 0.2) is 0 Å². The number of likely N-dealkylation sites (tertiary alicyclic amines) is 1. The van der Waals surface area contributed by atoms with Gasteiger partial charge in [-0.3, -0.25) is 4.79 Å². The molecule has 8 heteroatoms. The second-order valence-electron chi connectivity index (χ2n) is 7.31. The van der Waals surface area contributed by atoms with Gasteiger partial charge in [-0.1, -0.05) is 35.5 Å². The molecule has 7 nitrogen and oxygen atoms in total. The van der Waals surface area contributed by atoms with E-state index >= 15 is 0 Å². The van der Waals surface area contributed by atoms with Crippen LogP contribution in [-0.4, -0.2) is 42.7 Å². The van der Waals surface area contributed by atoms with Crippen LogP contribution in [0.2, 0.25) is 0 Å². The topological polar surface area (TPSA) is 92.5 Å². The molecule has 1 fully saturated rings. The number of nitrogens with one attached hydrogen (secondary N) is 1. The van der Waals surface area contributed by atoms with Crippen molar-refractivity contribution in [3.8, 4) is 0 Å². The fraction of sp³-hybridized carbons (Fsp3) is 0.500. The number of rotatable bonds is 7. The molecule has 0 radical (unpaired) electrons. The minimum atomic E-state index is -3.40. The molecular weight excluding hydrogens is 378 g/mol. The maximum Gasteiger partial charge on any atom is 0.222 e. The Morgan fingerprint density at radius 1 is 1.21 bits per heavy atom. The molecular formula is C20H27N3O4S. The summed E-state index contributed by atoms with van der Waals surface area (Å²) in [6, 6.07) is 9.34. The predicted octanol–water partition coefficient (Wildman–Crippen LogP) is 2.33. The third kappa shape index (κ3) is 5.42. The van der Waals surface area contributed by atoms with Crippen molar-refractivity contribution in [2.24, 2.45) is 0 Å². The Balaban J connectivity index is 1.56. The summed E-state index contributed by atoms with van der Waals surface area (Å²) in [5, 5.41) is 3.93. The van der Waals surface area contributed by atoms with Crippen LogP contribution < -0.4 is 4.72 Å². The van der Waals surface area contributed by atoms with E-state index in [2.05, 4.69) is 9.88 Å². The van der Waals surface area contributed by atoms with Gasteiger partial charge in [0, 0.05) is 24.6 Å². The average Bonchev–Trinajstić information content (AvgIpc) is 2.88. The zero-order chi connectivity index (χ0) is 20.1. The molecule has 1 aromatic carbocycles. The largest absolute Gasteiger partial charge is 0.361 e. The van der Waals surface area contributed by atoms with Crippen molar-refractivity contribution in [2.75, 3.05) is 12.3 Å². The second kappa shape index (κ2) is 8.87. The summed E-state index contributed by atoms with van der Waals surface area (Å²) >= 11 is 0. The normalized spacial score (nSPS) is 18.3. The molecule has 3 rings (SSSR count). The van der Waals surface area contributed by atoms with E-state index in [9.17, 15) is 13.2 Å². The van der Waals surface area contributed by atoms with Crippen LogP contribution in [0.5, 0.6) is 0 Å². The number of carbonyl (C=O) groups is 1. The summed E-state index contributed by atoms with van der Waals surface area (Å²) < 4.78 is 32.9. The van der Waals surface area contributed by atoms with Crippen LogP contribution in [-0.2, 0) is 27.8 Å². The molecule has 0 aliphatic carbocycles. The summed E-state index contributed by atoms with van der Waals surface area (Å²) in [5.41, 5.74) is 2.71. The molecule has 0 bridgehead atoms. The van der Waals surface area contributed by atoms with Crippen LogP contribution in [0.4, 0.5) is 0 Å². The highest BCUT2D eigenvalue weighted by Crippen LogP contribution is 2.20. The minimum Gasteiger partial charge on any atom is -0.361 e. The molecule has 1 aromatic heterocycles. The Kier molecular flexibility index (Phi) is 6.51. The molecule has 2 heterocycles. The second-order valence-corrected chi connectivity index (χ2v) is 9.19. The molecule has 1 N–H and O–H groups in total. The standard InChI is InChI=1S/C20H27N3O4S/c1-15-19(16(2)27-21-15)14-23-12-10-18(8-9-20(23)24)22-28(25,26)13-11-17-6-4-3-5-7-17/h3-7,18,22H,8-14H2,1-2H3. The van der Waals surface area contributed by atoms with Gasteiger partial charge in [-0.25, -0.2) is 13.1 Å². The Bertz CT molecular complexity index is 889. The summed E-state index contributed by atoms with van der Waals surface area (Å²) in [6.45, 7) is 4.65. The molecule has 2 aromatic rings. The van der Waals surface area contributed by atoms with Crippen LogP contribution >= 0.6 is 0 Å². The lowest BCUT2D eigenvalue weighted by molar-refractivity contribution is -0.131. The maximum atomic E-state index is 12.5. The molecule has 1 aliphatic rings. The first-order valence-electron chi connectivity index (χ1n) is 9.57. The summed E-state index contributed by atoms with van der Waals surface area (Å²) in [7, 11) is -3.40. The zero-order valence-corrected chi connectivity index (χ0v) is 17.2. The number of carbonyl (C=O) groups excluding carboxylic acids is 1. The molecule has 1 saturated heterocycles. The average molecular weight is 406 g/mol. The van der Waals surface area contributed by atoms with E-state index in [0.717, 1.165) is 16.8 Å². The monoisotopic (exact) mass is 405 g/mol. The molecule has 1 atom stereocenters. The van der Waals surface area contributed by atoms with Crippen LogP contribution in [0.3, 0.4) is 0 Å². The molecule has 1 amide bonds. The SMILES string of the molecule is Cc1noc(C)c1CN1CCC(NS(=O)(=O)CCc2ccccc2)CCC1=O. The highest BCUT2D eigenvalue weighted by atomic mass is 32.2. The smallest absolute Gasteiger partial charge is 0.222 e. The quantitative estimate of drug-likeness (QED) is 0.763. The predicted molar refractivity (Wildman–Crippen MR) is 106 cm³/mol. The molecule has 0 spiro atoms. The molecule has 0 saturated carbocycles. The van der Waals surface area contributed by atoms with Crippen molar-refractivity contribution in [3.05, 3.63) is 52.9 Å². The number of amides is 1. The lowest BCUT2D eigenvalue weighted by atomic mass is 10.1. The summed E-state index contributed by atoms with van der Waals surface area (Å²) in [5.74, 6) is 0.795. The number of sulfonamides is 1. The number of aryl methyl sites for hydroxylation is 3. The van der Waals surface area contributed by atoms with E-state index in [1.165, 1.54) is 0 Å². The van der Waals surface area contributed by atoms with Crippen molar-refractivity contribution in [1.82, 2.24) is 14.8 Å². The minimum absolute atomic E-state index is 0.0333. The molecule has 1 aliphatic heterocycles. The van der Waals surface area contributed by atoms with Crippen LogP contribution in [0, 0.1) is 13.8 Å². The Labute approximate surface area is 166 Å². The first-order valence-corrected chi connectivity index (χ1v) is 11.2. The number of hydrogen-bond acceptors (Lipinski definition) is 5. The van der Waals surface area contributed by atoms with E-state index in [0.29, 0.717) is 44.5 Å². The highest BCUT2D eigenvalue weighted by Gasteiger charge is 2.26. The first kappa shape index (κ1) is 20.5. The van der Waals surface area contributed by atoms with Gasteiger partial charge < -0.3 is 9.42 Å². The van der Waals surface area contributed by atoms with Crippen molar-refractivity contribution in [2.45, 2.75) is 52.1 Å². The maximum absolute atomic E-state index is 12.5. The van der Waals surface area contributed by atoms with Crippen LogP contribution in [0.1, 0.15) is 41.8 Å². The van der Waals surface area contributed by atoms with Gasteiger partial charge in [-0.05, 0) is 38.7 Å². The lowest BCUT2D eigenvalue weighted by Crippen LogP contribution is -2.37. The third-order valence-electron chi connectivity index (χ3n) is 5.19. The first-order chi connectivity index (χ1) is 13.3. The van der Waals surface area contributed by atoms with E-state index < -0.39 is 10.0 Å². The fourth-order valence-electron chi connectivity index (χ4n) is 3.45. The van der Waals surface area contributed by atoms with Crippen molar-refractivity contribution in [1.29, 1.82) is 0 Å². The molecule has 1 unspecified atom stereocenters. The zero-order valence-electron chi connectivity index (χ0n) is 16.3. The van der Waals surface area contributed by atoms with Crippen molar-refractivity contribution >= 4 is 15.9 Å². The Morgan fingerprint density at radius 3 is 2.64 bits per heavy atom. The molecule has 28 heavy (non-hydrogen) atoms. The summed E-state index contributed by atoms with van der Waals surface area (Å²) in [4.78, 5) is 14.3. The highest BCUT2D eigenvalue weighted by molar-refractivity contribution is 7.89.